The van der Waals surface area contributed by atoms with E-state index < -0.39 is 11.8 Å². The van der Waals surface area contributed by atoms with E-state index in [1.165, 1.54) is 19.1 Å². The van der Waals surface area contributed by atoms with Gasteiger partial charge in [0.1, 0.15) is 11.5 Å². The van der Waals surface area contributed by atoms with Crippen LogP contribution in [-0.2, 0) is 4.79 Å². The summed E-state index contributed by atoms with van der Waals surface area (Å²) in [4.78, 5) is 11.5. The summed E-state index contributed by atoms with van der Waals surface area (Å²) < 4.78 is 24.6. The molecule has 0 unspecified atom stereocenters. The number of allylic oxidation sites excluding steroid dienone is 1. The van der Waals surface area contributed by atoms with Crippen LogP contribution in [0.5, 0.6) is 11.5 Å². The van der Waals surface area contributed by atoms with Crippen molar-refractivity contribution in [2.24, 2.45) is 0 Å². The van der Waals surface area contributed by atoms with E-state index in [1.54, 1.807) is 30.3 Å². The number of carbonyl (C=O) groups is 1. The van der Waals surface area contributed by atoms with Crippen LogP contribution in [0.1, 0.15) is 13.8 Å². The van der Waals surface area contributed by atoms with Crippen LogP contribution in [-0.4, -0.2) is 5.97 Å². The van der Waals surface area contributed by atoms with Crippen LogP contribution in [0.2, 0.25) is 0 Å². The van der Waals surface area contributed by atoms with Crippen LogP contribution in [0.4, 0.5) is 4.39 Å². The molecular weight excluding hydrogens is 319 g/mol. The van der Waals surface area contributed by atoms with E-state index >= 15 is 0 Å². The van der Waals surface area contributed by atoms with Crippen LogP contribution in [0.25, 0.3) is 11.1 Å². The first-order valence-corrected chi connectivity index (χ1v) is 7.58. The molecule has 0 N–H and O–H groups in total. The zero-order valence-electron chi connectivity index (χ0n) is 14.3. The summed E-state index contributed by atoms with van der Waals surface area (Å²) >= 11 is 0. The lowest BCUT2D eigenvalue weighted by molar-refractivity contribution is -0.130. The second-order valence-electron chi connectivity index (χ2n) is 5.64. The van der Waals surface area contributed by atoms with E-state index in [0.717, 1.165) is 11.1 Å². The van der Waals surface area contributed by atoms with Gasteiger partial charge < -0.3 is 9.47 Å². The Morgan fingerprint density at radius 1 is 0.880 bits per heavy atom. The minimum absolute atomic E-state index is 0.130. The predicted molar refractivity (Wildman–Crippen MR) is 96.9 cm³/mol. The van der Waals surface area contributed by atoms with Crippen molar-refractivity contribution >= 4 is 5.97 Å². The largest absolute Gasteiger partial charge is 0.458 e. The van der Waals surface area contributed by atoms with E-state index in [2.05, 4.69) is 19.7 Å². The summed E-state index contributed by atoms with van der Waals surface area (Å²) in [6.07, 6.45) is 0. The Hall–Kier alpha value is -3.14. The van der Waals surface area contributed by atoms with Crippen molar-refractivity contribution in [2.75, 3.05) is 0 Å². The van der Waals surface area contributed by atoms with Crippen molar-refractivity contribution in [1.82, 2.24) is 0 Å². The highest BCUT2D eigenvalue weighted by molar-refractivity contribution is 5.88. The number of carbonyl (C=O) groups excluding carboxylic acids is 1. The predicted octanol–water partition coefficient (Wildman–Crippen LogP) is 5.44. The van der Waals surface area contributed by atoms with E-state index in [4.69, 9.17) is 9.47 Å². The Balaban J connectivity index is 2.18. The third-order valence-electron chi connectivity index (χ3n) is 3.39. The fourth-order valence-corrected chi connectivity index (χ4v) is 1.89. The second-order valence-corrected chi connectivity index (χ2v) is 5.64. The SMILES string of the molecule is C=C(C)C(=C)Oc1ccc(-c2ccc(OC(=O)C(=C)C)c(F)c2)cc1. The Morgan fingerprint density at radius 3 is 2.00 bits per heavy atom. The molecule has 0 atom stereocenters. The quantitative estimate of drug-likeness (QED) is 0.231. The number of hydrogen-bond acceptors (Lipinski definition) is 3. The molecule has 0 bridgehead atoms. The molecule has 0 aliphatic rings. The maximum atomic E-state index is 14.1. The number of halogens is 1. The molecule has 0 saturated carbocycles. The molecule has 0 aromatic heterocycles. The van der Waals surface area contributed by atoms with Crippen molar-refractivity contribution in [3.63, 3.8) is 0 Å². The summed E-state index contributed by atoms with van der Waals surface area (Å²) in [7, 11) is 0. The van der Waals surface area contributed by atoms with Gasteiger partial charge in [0.2, 0.25) is 0 Å². The van der Waals surface area contributed by atoms with Crippen LogP contribution in [0.15, 0.2) is 79.1 Å². The highest BCUT2D eigenvalue weighted by Crippen LogP contribution is 2.28. The topological polar surface area (TPSA) is 35.5 Å². The molecule has 25 heavy (non-hydrogen) atoms. The highest BCUT2D eigenvalue weighted by Gasteiger charge is 2.11. The first kappa shape index (κ1) is 18.2. The van der Waals surface area contributed by atoms with Gasteiger partial charge in [0.15, 0.2) is 11.6 Å². The lowest BCUT2D eigenvalue weighted by Gasteiger charge is -2.10. The molecule has 0 fully saturated rings. The molecule has 4 heteroatoms. The second kappa shape index (κ2) is 7.62. The molecule has 0 amide bonds. The van der Waals surface area contributed by atoms with E-state index in [9.17, 15) is 9.18 Å². The number of rotatable bonds is 6. The van der Waals surface area contributed by atoms with Crippen molar-refractivity contribution in [2.45, 2.75) is 13.8 Å². The minimum Gasteiger partial charge on any atom is -0.458 e. The zero-order valence-corrected chi connectivity index (χ0v) is 14.3. The van der Waals surface area contributed by atoms with Crippen molar-refractivity contribution in [1.29, 1.82) is 0 Å². The van der Waals surface area contributed by atoms with Gasteiger partial charge in [-0.3, -0.25) is 0 Å². The lowest BCUT2D eigenvalue weighted by atomic mass is 10.1. The first-order chi connectivity index (χ1) is 11.8. The number of ether oxygens (including phenoxy) is 2. The molecule has 0 radical (unpaired) electrons. The van der Waals surface area contributed by atoms with Gasteiger partial charge in [-0.15, -0.1) is 0 Å². The number of hydrogen-bond donors (Lipinski definition) is 0. The minimum atomic E-state index is -0.661. The van der Waals surface area contributed by atoms with Gasteiger partial charge in [0.05, 0.1) is 0 Å². The molecule has 128 valence electrons. The Kier molecular flexibility index (Phi) is 5.55. The first-order valence-electron chi connectivity index (χ1n) is 7.58. The standard InChI is InChI=1S/C21H19FO3/c1-13(2)15(5)24-18-9-6-16(7-10-18)17-8-11-20(19(22)12-17)25-21(23)14(3)4/h6-12H,1,3,5H2,2,4H3. The fraction of sp³-hybridized carbons (Fsp3) is 0.0952. The highest BCUT2D eigenvalue weighted by atomic mass is 19.1. The molecule has 2 aromatic carbocycles. The van der Waals surface area contributed by atoms with E-state index in [-0.39, 0.29) is 11.3 Å². The third-order valence-corrected chi connectivity index (χ3v) is 3.39. The van der Waals surface area contributed by atoms with E-state index in [0.29, 0.717) is 17.1 Å². The summed E-state index contributed by atoms with van der Waals surface area (Å²) in [6, 6.07) is 11.5. The maximum Gasteiger partial charge on any atom is 0.338 e. The molecule has 0 heterocycles. The molecule has 2 rings (SSSR count). The molecule has 0 spiro atoms. The summed E-state index contributed by atoms with van der Waals surface area (Å²) in [5, 5.41) is 0. The van der Waals surface area contributed by atoms with Gasteiger partial charge in [-0.25, -0.2) is 9.18 Å². The zero-order chi connectivity index (χ0) is 18.6. The maximum absolute atomic E-state index is 14.1. The van der Waals surface area contributed by atoms with Gasteiger partial charge in [-0.2, -0.15) is 0 Å². The number of esters is 1. The van der Waals surface area contributed by atoms with Crippen LogP contribution >= 0.6 is 0 Å². The van der Waals surface area contributed by atoms with Crippen molar-refractivity contribution in [3.8, 4) is 22.6 Å². The van der Waals surface area contributed by atoms with Crippen molar-refractivity contribution in [3.05, 3.63) is 84.9 Å². The van der Waals surface area contributed by atoms with Crippen LogP contribution in [0.3, 0.4) is 0 Å². The van der Waals surface area contributed by atoms with Crippen molar-refractivity contribution < 1.29 is 18.7 Å². The Bertz CT molecular complexity index is 848. The third kappa shape index (κ3) is 4.67. The summed E-state index contributed by atoms with van der Waals surface area (Å²) in [5.74, 6) is -0.310. The summed E-state index contributed by atoms with van der Waals surface area (Å²) in [6.45, 7) is 14.3. The van der Waals surface area contributed by atoms with Gasteiger partial charge >= 0.3 is 5.97 Å². The monoisotopic (exact) mass is 338 g/mol. The normalized spacial score (nSPS) is 10.0. The molecule has 3 nitrogen and oxygen atoms in total. The lowest BCUT2D eigenvalue weighted by Crippen LogP contribution is -2.09. The molecule has 2 aromatic rings. The van der Waals surface area contributed by atoms with Gasteiger partial charge in [-0.05, 0) is 54.8 Å². The van der Waals surface area contributed by atoms with Crippen LogP contribution < -0.4 is 9.47 Å². The fourth-order valence-electron chi connectivity index (χ4n) is 1.89. The average molecular weight is 338 g/mol. The number of benzene rings is 2. The van der Waals surface area contributed by atoms with Gasteiger partial charge in [-0.1, -0.05) is 37.9 Å². The molecular formula is C21H19FO3. The summed E-state index contributed by atoms with van der Waals surface area (Å²) in [5.41, 5.74) is 2.39. The van der Waals surface area contributed by atoms with Gasteiger partial charge in [0.25, 0.3) is 0 Å². The Labute approximate surface area is 146 Å². The molecule has 0 aliphatic heterocycles. The van der Waals surface area contributed by atoms with Crippen LogP contribution in [0, 0.1) is 5.82 Å². The Morgan fingerprint density at radius 2 is 1.48 bits per heavy atom. The van der Waals surface area contributed by atoms with E-state index in [1.807, 2.05) is 6.92 Å². The van der Waals surface area contributed by atoms with Gasteiger partial charge in [0, 0.05) is 5.57 Å². The molecule has 0 saturated heterocycles. The smallest absolute Gasteiger partial charge is 0.338 e. The molecule has 0 aliphatic carbocycles. The average Bonchev–Trinajstić information content (AvgIpc) is 2.57.